The molecule has 0 atom stereocenters. The van der Waals surface area contributed by atoms with Crippen molar-refractivity contribution >= 4 is 17.9 Å². The van der Waals surface area contributed by atoms with E-state index < -0.39 is 5.60 Å². The molecule has 7 nitrogen and oxygen atoms in total. The van der Waals surface area contributed by atoms with E-state index in [1.54, 1.807) is 40.1 Å². The average Bonchev–Trinajstić information content (AvgIpc) is 2.89. The SMILES string of the molecule is CC(C)(C)OC(=O)N1CCN(C(=O)c2cccc(C#CCNC(=O)CCCCc3ccc(F)cc3)c2)CC1. The molecule has 1 saturated heterocycles. The Kier molecular flexibility index (Phi) is 10.3. The summed E-state index contributed by atoms with van der Waals surface area (Å²) in [5.41, 5.74) is 1.73. The zero-order chi connectivity index (χ0) is 27.5. The number of hydrogen-bond donors (Lipinski definition) is 1. The van der Waals surface area contributed by atoms with Gasteiger partial charge in [0, 0.05) is 43.7 Å². The molecule has 38 heavy (non-hydrogen) atoms. The lowest BCUT2D eigenvalue weighted by molar-refractivity contribution is -0.120. The van der Waals surface area contributed by atoms with Gasteiger partial charge in [-0.2, -0.15) is 0 Å². The Morgan fingerprint density at radius 2 is 1.66 bits per heavy atom. The highest BCUT2D eigenvalue weighted by atomic mass is 19.1. The van der Waals surface area contributed by atoms with Crippen LogP contribution in [-0.2, 0) is 16.0 Å². The van der Waals surface area contributed by atoms with Gasteiger partial charge in [-0.05, 0) is 75.9 Å². The maximum absolute atomic E-state index is 13.0. The van der Waals surface area contributed by atoms with Crippen LogP contribution < -0.4 is 5.32 Å². The summed E-state index contributed by atoms with van der Waals surface area (Å²) in [6.45, 7) is 7.42. The highest BCUT2D eigenvalue weighted by molar-refractivity contribution is 5.94. The third-order valence-corrected chi connectivity index (χ3v) is 5.97. The fourth-order valence-corrected chi connectivity index (χ4v) is 3.97. The van der Waals surface area contributed by atoms with Crippen molar-refractivity contribution in [3.05, 3.63) is 71.0 Å². The first-order chi connectivity index (χ1) is 18.1. The molecule has 1 N–H and O–H groups in total. The number of amides is 3. The zero-order valence-electron chi connectivity index (χ0n) is 22.4. The number of piperazine rings is 1. The van der Waals surface area contributed by atoms with Gasteiger partial charge in [-0.25, -0.2) is 9.18 Å². The van der Waals surface area contributed by atoms with Gasteiger partial charge < -0.3 is 19.9 Å². The molecule has 0 aromatic heterocycles. The Labute approximate surface area is 224 Å². The number of benzene rings is 2. The van der Waals surface area contributed by atoms with Crippen molar-refractivity contribution in [2.75, 3.05) is 32.7 Å². The molecule has 8 heteroatoms. The first-order valence-corrected chi connectivity index (χ1v) is 13.0. The lowest BCUT2D eigenvalue weighted by Gasteiger charge is -2.35. The molecular weight excluding hydrogens is 485 g/mol. The molecule has 0 unspecified atom stereocenters. The Balaban J connectivity index is 1.39. The first kappa shape index (κ1) is 28.7. The van der Waals surface area contributed by atoms with Crippen LogP contribution in [0.4, 0.5) is 9.18 Å². The molecule has 202 valence electrons. The summed E-state index contributed by atoms with van der Waals surface area (Å²) in [4.78, 5) is 40.6. The van der Waals surface area contributed by atoms with Crippen LogP contribution in [-0.4, -0.2) is 66.0 Å². The van der Waals surface area contributed by atoms with Crippen LogP contribution in [0.2, 0.25) is 0 Å². The van der Waals surface area contributed by atoms with Gasteiger partial charge in [0.2, 0.25) is 5.91 Å². The number of halogens is 1. The number of nitrogens with zero attached hydrogens (tertiary/aromatic N) is 2. The summed E-state index contributed by atoms with van der Waals surface area (Å²) in [5.74, 6) is 5.52. The van der Waals surface area contributed by atoms with Crippen molar-refractivity contribution in [1.82, 2.24) is 15.1 Å². The number of ether oxygens (including phenoxy) is 1. The molecule has 0 bridgehead atoms. The highest BCUT2D eigenvalue weighted by Gasteiger charge is 2.28. The predicted octanol–water partition coefficient (Wildman–Crippen LogP) is 4.40. The highest BCUT2D eigenvalue weighted by Crippen LogP contribution is 2.14. The molecule has 2 aromatic carbocycles. The minimum absolute atomic E-state index is 0.0622. The van der Waals surface area contributed by atoms with Crippen LogP contribution in [0, 0.1) is 17.7 Å². The number of aryl methyl sites for hydroxylation is 1. The minimum Gasteiger partial charge on any atom is -0.444 e. The van der Waals surface area contributed by atoms with E-state index in [1.807, 2.05) is 26.8 Å². The normalized spacial score (nSPS) is 13.4. The number of nitrogens with one attached hydrogen (secondary N) is 1. The van der Waals surface area contributed by atoms with E-state index in [9.17, 15) is 18.8 Å². The Bertz CT molecular complexity index is 1170. The summed E-state index contributed by atoms with van der Waals surface area (Å²) >= 11 is 0. The van der Waals surface area contributed by atoms with Gasteiger partial charge >= 0.3 is 6.09 Å². The van der Waals surface area contributed by atoms with Crippen molar-refractivity contribution in [3.63, 3.8) is 0 Å². The smallest absolute Gasteiger partial charge is 0.410 e. The van der Waals surface area contributed by atoms with Crippen LogP contribution in [0.5, 0.6) is 0 Å². The molecule has 0 spiro atoms. The summed E-state index contributed by atoms with van der Waals surface area (Å²) in [6.07, 6.45) is 2.45. The van der Waals surface area contributed by atoms with Crippen LogP contribution in [0.3, 0.4) is 0 Å². The number of rotatable bonds is 7. The number of hydrogen-bond acceptors (Lipinski definition) is 4. The maximum atomic E-state index is 13.0. The lowest BCUT2D eigenvalue weighted by Crippen LogP contribution is -2.51. The van der Waals surface area contributed by atoms with Crippen LogP contribution in [0.15, 0.2) is 48.5 Å². The van der Waals surface area contributed by atoms with Crippen molar-refractivity contribution in [1.29, 1.82) is 0 Å². The van der Waals surface area contributed by atoms with Crippen molar-refractivity contribution in [2.24, 2.45) is 0 Å². The standard InChI is InChI=1S/C30H36FN3O4/c1-30(2,3)38-29(37)34-20-18-33(19-21-34)28(36)25-11-6-9-24(22-25)10-7-17-32-27(35)12-5-4-8-23-13-15-26(31)16-14-23/h6,9,11,13-16,22H,4-5,8,12,17-21H2,1-3H3,(H,32,35). The molecule has 0 aliphatic carbocycles. The predicted molar refractivity (Wildman–Crippen MR) is 144 cm³/mol. The summed E-state index contributed by atoms with van der Waals surface area (Å²) < 4.78 is 18.4. The Morgan fingerprint density at radius 1 is 0.974 bits per heavy atom. The van der Waals surface area contributed by atoms with Gasteiger partial charge in [0.1, 0.15) is 11.4 Å². The third-order valence-electron chi connectivity index (χ3n) is 5.97. The van der Waals surface area contributed by atoms with E-state index in [0.29, 0.717) is 43.7 Å². The monoisotopic (exact) mass is 521 g/mol. The van der Waals surface area contributed by atoms with E-state index in [-0.39, 0.29) is 30.3 Å². The number of carbonyl (C=O) groups excluding carboxylic acids is 3. The van der Waals surface area contributed by atoms with E-state index in [2.05, 4.69) is 17.2 Å². The van der Waals surface area contributed by atoms with Gasteiger partial charge in [-0.3, -0.25) is 9.59 Å². The van der Waals surface area contributed by atoms with Gasteiger partial charge in [-0.1, -0.05) is 30.0 Å². The van der Waals surface area contributed by atoms with Gasteiger partial charge in [0.25, 0.3) is 5.91 Å². The third kappa shape index (κ3) is 9.55. The molecule has 1 fully saturated rings. The van der Waals surface area contributed by atoms with Gasteiger partial charge in [-0.15, -0.1) is 0 Å². The molecule has 1 aliphatic rings. The second-order valence-electron chi connectivity index (χ2n) is 10.3. The van der Waals surface area contributed by atoms with Crippen LogP contribution >= 0.6 is 0 Å². The van der Waals surface area contributed by atoms with Crippen LogP contribution in [0.25, 0.3) is 0 Å². The Hall–Kier alpha value is -3.86. The molecule has 3 rings (SSSR count). The second-order valence-corrected chi connectivity index (χ2v) is 10.3. The fraction of sp³-hybridized carbons (Fsp3) is 0.433. The summed E-state index contributed by atoms with van der Waals surface area (Å²) in [5, 5.41) is 2.80. The zero-order valence-corrected chi connectivity index (χ0v) is 22.4. The van der Waals surface area contributed by atoms with E-state index in [4.69, 9.17) is 4.74 Å². The number of unbranched alkanes of at least 4 members (excludes halogenated alkanes) is 1. The molecular formula is C30H36FN3O4. The minimum atomic E-state index is -0.555. The molecule has 0 radical (unpaired) electrons. The van der Waals surface area contributed by atoms with E-state index >= 15 is 0 Å². The van der Waals surface area contributed by atoms with Gasteiger partial charge in [0.05, 0.1) is 6.54 Å². The van der Waals surface area contributed by atoms with Crippen molar-refractivity contribution in [2.45, 2.75) is 52.1 Å². The number of carbonyl (C=O) groups is 3. The quantitative estimate of drug-likeness (QED) is 0.433. The molecule has 0 saturated carbocycles. The maximum Gasteiger partial charge on any atom is 0.410 e. The van der Waals surface area contributed by atoms with Crippen molar-refractivity contribution < 1.29 is 23.5 Å². The lowest BCUT2D eigenvalue weighted by atomic mass is 10.1. The second kappa shape index (κ2) is 13.6. The van der Waals surface area contributed by atoms with Crippen LogP contribution in [0.1, 0.15) is 61.5 Å². The molecule has 3 amide bonds. The first-order valence-electron chi connectivity index (χ1n) is 13.0. The average molecular weight is 522 g/mol. The molecule has 1 aliphatic heterocycles. The van der Waals surface area contributed by atoms with E-state index in [0.717, 1.165) is 24.8 Å². The largest absolute Gasteiger partial charge is 0.444 e. The van der Waals surface area contributed by atoms with Gasteiger partial charge in [0.15, 0.2) is 0 Å². The summed E-state index contributed by atoms with van der Waals surface area (Å²) in [7, 11) is 0. The van der Waals surface area contributed by atoms with E-state index in [1.165, 1.54) is 12.1 Å². The molecule has 2 aromatic rings. The fourth-order valence-electron chi connectivity index (χ4n) is 3.97. The van der Waals surface area contributed by atoms with Crippen molar-refractivity contribution in [3.8, 4) is 11.8 Å². The summed E-state index contributed by atoms with van der Waals surface area (Å²) in [6, 6.07) is 13.5. The Morgan fingerprint density at radius 3 is 2.34 bits per heavy atom. The molecule has 1 heterocycles. The topological polar surface area (TPSA) is 79.0 Å².